The number of ketones is 1. The minimum atomic E-state index is -0.109. The van der Waals surface area contributed by atoms with E-state index in [1.807, 2.05) is 13.8 Å². The number of terminal acetylenes is 1. The molecule has 4 nitrogen and oxygen atoms in total. The number of urea groups is 1. The number of nitrogens with one attached hydrogen (secondary N) is 2. The lowest BCUT2D eigenvalue weighted by Crippen LogP contribution is -2.44. The molecule has 21 heavy (non-hydrogen) atoms. The van der Waals surface area contributed by atoms with Gasteiger partial charge in [-0.1, -0.05) is 33.1 Å². The summed E-state index contributed by atoms with van der Waals surface area (Å²) in [6.45, 7) is 6.08. The minimum Gasteiger partial charge on any atom is -0.336 e. The Hall–Kier alpha value is -1.50. The maximum atomic E-state index is 11.7. The summed E-state index contributed by atoms with van der Waals surface area (Å²) in [6.07, 6.45) is 10.5. The van der Waals surface area contributed by atoms with Crippen molar-refractivity contribution in [3.8, 4) is 12.3 Å². The third-order valence-corrected chi connectivity index (χ3v) is 3.12. The van der Waals surface area contributed by atoms with Gasteiger partial charge in [0, 0.05) is 18.5 Å². The van der Waals surface area contributed by atoms with Gasteiger partial charge in [-0.25, -0.2) is 4.79 Å². The quantitative estimate of drug-likeness (QED) is 0.477. The van der Waals surface area contributed by atoms with E-state index in [0.29, 0.717) is 6.42 Å². The summed E-state index contributed by atoms with van der Waals surface area (Å²) in [4.78, 5) is 22.9. The van der Waals surface area contributed by atoms with E-state index in [1.54, 1.807) is 0 Å². The normalized spacial score (nSPS) is 12.5. The van der Waals surface area contributed by atoms with Crippen molar-refractivity contribution in [2.45, 2.75) is 85.2 Å². The second-order valence-electron chi connectivity index (χ2n) is 5.37. The molecular formula is C17H32N2O2. The molecule has 0 spiro atoms. The summed E-state index contributed by atoms with van der Waals surface area (Å²) in [6, 6.07) is 0.210. The first-order valence-electron chi connectivity index (χ1n) is 7.51. The van der Waals surface area contributed by atoms with Gasteiger partial charge in [0.05, 0.1) is 6.42 Å². The molecule has 0 aliphatic rings. The molecule has 2 atom stereocenters. The van der Waals surface area contributed by atoms with Crippen molar-refractivity contribution in [1.29, 1.82) is 0 Å². The van der Waals surface area contributed by atoms with Crippen LogP contribution >= 0.6 is 0 Å². The molecule has 2 N–H and O–H groups in total. The molecule has 0 rings (SSSR count). The minimum absolute atomic E-state index is 0. The second kappa shape index (κ2) is 13.5. The topological polar surface area (TPSA) is 58.2 Å². The molecular weight excluding hydrogens is 264 g/mol. The molecule has 0 heterocycles. The Morgan fingerprint density at radius 3 is 2.19 bits per heavy atom. The van der Waals surface area contributed by atoms with Crippen LogP contribution in [0.4, 0.5) is 4.79 Å². The van der Waals surface area contributed by atoms with Crippen LogP contribution in [-0.4, -0.2) is 23.9 Å². The molecule has 2 amide bonds. The Balaban J connectivity index is 0. The fraction of sp³-hybridized carbons (Fsp3) is 0.765. The number of hydrogen-bond acceptors (Lipinski definition) is 2. The summed E-state index contributed by atoms with van der Waals surface area (Å²) in [7, 11) is 0. The van der Waals surface area contributed by atoms with E-state index in [-0.39, 0.29) is 37.7 Å². The van der Waals surface area contributed by atoms with Crippen LogP contribution < -0.4 is 10.6 Å². The van der Waals surface area contributed by atoms with E-state index in [0.717, 1.165) is 32.1 Å². The van der Waals surface area contributed by atoms with Crippen molar-refractivity contribution < 1.29 is 9.59 Å². The smallest absolute Gasteiger partial charge is 0.315 e. The standard InChI is InChI=1S/C16H28N2O2.CH4/c1-5-9-13(3)17-16(20)18-14(4)11-7-8-12-15(19)10-6-2;/h2,13-14H,5,7-12H2,1,3-4H3,(H2,17,18,20);1H4. The predicted molar refractivity (Wildman–Crippen MR) is 89.2 cm³/mol. The summed E-state index contributed by atoms with van der Waals surface area (Å²) in [5.41, 5.74) is 0. The van der Waals surface area contributed by atoms with Crippen molar-refractivity contribution in [3.63, 3.8) is 0 Å². The average Bonchev–Trinajstić information content (AvgIpc) is 2.35. The summed E-state index contributed by atoms with van der Waals surface area (Å²) in [5, 5.41) is 5.83. The van der Waals surface area contributed by atoms with E-state index in [2.05, 4.69) is 23.5 Å². The number of unbranched alkanes of at least 4 members (excludes halogenated alkanes) is 1. The molecule has 2 unspecified atom stereocenters. The molecule has 122 valence electrons. The lowest BCUT2D eigenvalue weighted by Gasteiger charge is -2.17. The first-order chi connectivity index (χ1) is 9.49. The van der Waals surface area contributed by atoms with Gasteiger partial charge in [-0.2, -0.15) is 0 Å². The molecule has 4 heteroatoms. The zero-order valence-electron chi connectivity index (χ0n) is 13.0. The third-order valence-electron chi connectivity index (χ3n) is 3.12. The fourth-order valence-electron chi connectivity index (χ4n) is 2.04. The van der Waals surface area contributed by atoms with Gasteiger partial charge in [0.25, 0.3) is 0 Å². The number of Topliss-reactive ketones (excluding diaryl/α,β-unsaturated/α-hetero) is 1. The molecule has 0 fully saturated rings. The van der Waals surface area contributed by atoms with Gasteiger partial charge in [0.2, 0.25) is 0 Å². The van der Waals surface area contributed by atoms with E-state index < -0.39 is 0 Å². The van der Waals surface area contributed by atoms with Crippen molar-refractivity contribution in [2.24, 2.45) is 0 Å². The van der Waals surface area contributed by atoms with Gasteiger partial charge in [-0.15, -0.1) is 6.42 Å². The zero-order valence-corrected chi connectivity index (χ0v) is 13.0. The van der Waals surface area contributed by atoms with Crippen LogP contribution in [0.15, 0.2) is 0 Å². The summed E-state index contributed by atoms with van der Waals surface area (Å²) >= 11 is 0. The highest BCUT2D eigenvalue weighted by Gasteiger charge is 2.09. The third kappa shape index (κ3) is 13.2. The lowest BCUT2D eigenvalue weighted by molar-refractivity contribution is -0.118. The maximum Gasteiger partial charge on any atom is 0.315 e. The molecule has 0 saturated heterocycles. The number of rotatable bonds is 10. The van der Waals surface area contributed by atoms with Gasteiger partial charge in [0.15, 0.2) is 0 Å². The van der Waals surface area contributed by atoms with Crippen molar-refractivity contribution >= 4 is 11.8 Å². The summed E-state index contributed by atoms with van der Waals surface area (Å²) in [5.74, 6) is 2.48. The fourth-order valence-corrected chi connectivity index (χ4v) is 2.04. The molecule has 0 bridgehead atoms. The number of amides is 2. The van der Waals surface area contributed by atoms with Crippen LogP contribution in [0.5, 0.6) is 0 Å². The lowest BCUT2D eigenvalue weighted by atomic mass is 10.1. The SMILES string of the molecule is C.C#CCC(=O)CCCCC(C)NC(=O)NC(C)CCC. The van der Waals surface area contributed by atoms with Crippen LogP contribution in [-0.2, 0) is 4.79 Å². The number of carbonyl (C=O) groups is 2. The predicted octanol–water partition coefficient (Wildman–Crippen LogP) is 3.65. The monoisotopic (exact) mass is 296 g/mol. The largest absolute Gasteiger partial charge is 0.336 e. The van der Waals surface area contributed by atoms with Gasteiger partial charge in [0.1, 0.15) is 5.78 Å². The van der Waals surface area contributed by atoms with Gasteiger partial charge in [-0.3, -0.25) is 4.79 Å². The Labute approximate surface area is 130 Å². The Bertz CT molecular complexity index is 334. The van der Waals surface area contributed by atoms with Gasteiger partial charge >= 0.3 is 6.03 Å². The highest BCUT2D eigenvalue weighted by atomic mass is 16.2. The molecule has 0 aliphatic heterocycles. The summed E-state index contributed by atoms with van der Waals surface area (Å²) < 4.78 is 0. The highest BCUT2D eigenvalue weighted by Crippen LogP contribution is 2.05. The number of carbonyl (C=O) groups excluding carboxylic acids is 2. The van der Waals surface area contributed by atoms with Crippen LogP contribution in [0.2, 0.25) is 0 Å². The average molecular weight is 296 g/mol. The Kier molecular flexibility index (Phi) is 14.0. The highest BCUT2D eigenvalue weighted by molar-refractivity contribution is 5.80. The zero-order chi connectivity index (χ0) is 15.4. The van der Waals surface area contributed by atoms with Crippen molar-refractivity contribution in [1.82, 2.24) is 10.6 Å². The Morgan fingerprint density at radius 1 is 1.10 bits per heavy atom. The molecule has 0 aromatic heterocycles. The van der Waals surface area contributed by atoms with E-state index in [1.165, 1.54) is 0 Å². The van der Waals surface area contributed by atoms with E-state index >= 15 is 0 Å². The van der Waals surface area contributed by atoms with E-state index in [9.17, 15) is 9.59 Å². The maximum absolute atomic E-state index is 11.7. The molecule has 0 aromatic rings. The second-order valence-corrected chi connectivity index (χ2v) is 5.37. The van der Waals surface area contributed by atoms with Crippen LogP contribution in [0.3, 0.4) is 0 Å². The number of hydrogen-bond donors (Lipinski definition) is 2. The molecule has 0 aromatic carbocycles. The first kappa shape index (κ1) is 21.8. The molecule has 0 aliphatic carbocycles. The molecule has 0 radical (unpaired) electrons. The van der Waals surface area contributed by atoms with Crippen LogP contribution in [0.1, 0.15) is 73.1 Å². The van der Waals surface area contributed by atoms with E-state index in [4.69, 9.17) is 6.42 Å². The van der Waals surface area contributed by atoms with Crippen molar-refractivity contribution in [2.75, 3.05) is 0 Å². The molecule has 0 saturated carbocycles. The van der Waals surface area contributed by atoms with Gasteiger partial charge < -0.3 is 10.6 Å². The van der Waals surface area contributed by atoms with Gasteiger partial charge in [-0.05, 0) is 33.1 Å². The first-order valence-corrected chi connectivity index (χ1v) is 7.51. The van der Waals surface area contributed by atoms with Crippen LogP contribution in [0, 0.1) is 12.3 Å². The van der Waals surface area contributed by atoms with Crippen molar-refractivity contribution in [3.05, 3.63) is 0 Å². The van der Waals surface area contributed by atoms with Crippen LogP contribution in [0.25, 0.3) is 0 Å². The Morgan fingerprint density at radius 2 is 1.67 bits per heavy atom.